The highest BCUT2D eigenvalue weighted by molar-refractivity contribution is 9.08. The van der Waals surface area contributed by atoms with E-state index in [1.807, 2.05) is 18.0 Å². The molecular formula is C15H14BrF2N. The van der Waals surface area contributed by atoms with Gasteiger partial charge in [0.25, 0.3) is 0 Å². The highest BCUT2D eigenvalue weighted by Gasteiger charge is 2.09. The van der Waals surface area contributed by atoms with E-state index in [0.29, 0.717) is 11.9 Å². The van der Waals surface area contributed by atoms with Crippen molar-refractivity contribution in [2.75, 3.05) is 11.9 Å². The van der Waals surface area contributed by atoms with Crippen LogP contribution in [-0.2, 0) is 11.9 Å². The fourth-order valence-electron chi connectivity index (χ4n) is 2.03. The summed E-state index contributed by atoms with van der Waals surface area (Å²) in [5.41, 5.74) is 2.69. The normalized spacial score (nSPS) is 10.5. The van der Waals surface area contributed by atoms with Crippen LogP contribution >= 0.6 is 15.9 Å². The molecule has 100 valence electrons. The van der Waals surface area contributed by atoms with Crippen LogP contribution in [0.2, 0.25) is 0 Å². The van der Waals surface area contributed by atoms with Gasteiger partial charge in [-0.05, 0) is 41.5 Å². The zero-order valence-electron chi connectivity index (χ0n) is 10.5. The van der Waals surface area contributed by atoms with Crippen LogP contribution in [0.5, 0.6) is 0 Å². The summed E-state index contributed by atoms with van der Waals surface area (Å²) in [6.45, 7) is 0.573. The Morgan fingerprint density at radius 2 is 1.79 bits per heavy atom. The lowest BCUT2D eigenvalue weighted by Gasteiger charge is -2.22. The summed E-state index contributed by atoms with van der Waals surface area (Å²) in [7, 11) is 1.91. The molecule has 0 radical (unpaired) electrons. The molecule has 0 N–H and O–H groups in total. The predicted molar refractivity (Wildman–Crippen MR) is 77.5 cm³/mol. The summed E-state index contributed by atoms with van der Waals surface area (Å²) in [6, 6.07) is 11.2. The van der Waals surface area contributed by atoms with Gasteiger partial charge >= 0.3 is 0 Å². The molecular weight excluding hydrogens is 312 g/mol. The largest absolute Gasteiger partial charge is 0.370 e. The molecule has 0 saturated carbocycles. The third kappa shape index (κ3) is 3.53. The Balaban J connectivity index is 2.22. The highest BCUT2D eigenvalue weighted by Crippen LogP contribution is 2.24. The molecule has 2 aromatic carbocycles. The second-order valence-electron chi connectivity index (χ2n) is 4.39. The summed E-state index contributed by atoms with van der Waals surface area (Å²) < 4.78 is 26.3. The van der Waals surface area contributed by atoms with E-state index in [4.69, 9.17) is 0 Å². The molecule has 0 atom stereocenters. The molecule has 0 aromatic heterocycles. The average molecular weight is 326 g/mol. The van der Waals surface area contributed by atoms with E-state index in [1.54, 1.807) is 12.1 Å². The smallest absolute Gasteiger partial charge is 0.123 e. The summed E-state index contributed by atoms with van der Waals surface area (Å²) in [6.07, 6.45) is 0. The summed E-state index contributed by atoms with van der Waals surface area (Å²) in [4.78, 5) is 1.98. The molecule has 0 saturated heterocycles. The van der Waals surface area contributed by atoms with Gasteiger partial charge in [0.05, 0.1) is 0 Å². The fraction of sp³-hybridized carbons (Fsp3) is 0.200. The Labute approximate surface area is 120 Å². The van der Waals surface area contributed by atoms with Crippen LogP contribution in [0.25, 0.3) is 0 Å². The second-order valence-corrected chi connectivity index (χ2v) is 4.95. The van der Waals surface area contributed by atoms with E-state index in [1.165, 1.54) is 24.3 Å². The maximum Gasteiger partial charge on any atom is 0.123 e. The summed E-state index contributed by atoms with van der Waals surface area (Å²) in [5, 5.41) is 0.577. The number of rotatable bonds is 4. The molecule has 19 heavy (non-hydrogen) atoms. The Bertz CT molecular complexity index is 572. The van der Waals surface area contributed by atoms with Crippen molar-refractivity contribution in [1.82, 2.24) is 0 Å². The molecule has 1 nitrogen and oxygen atoms in total. The van der Waals surface area contributed by atoms with Crippen molar-refractivity contribution in [3.05, 3.63) is 65.2 Å². The van der Waals surface area contributed by atoms with E-state index < -0.39 is 0 Å². The van der Waals surface area contributed by atoms with Crippen molar-refractivity contribution in [1.29, 1.82) is 0 Å². The number of halogens is 3. The van der Waals surface area contributed by atoms with Crippen LogP contribution in [0.4, 0.5) is 14.5 Å². The first-order chi connectivity index (χ1) is 9.10. The predicted octanol–water partition coefficient (Wildman–Crippen LogP) is 4.50. The molecule has 2 rings (SSSR count). The Hall–Kier alpha value is -1.42. The number of hydrogen-bond donors (Lipinski definition) is 0. The first kappa shape index (κ1) is 14.0. The topological polar surface area (TPSA) is 3.24 Å². The number of nitrogens with zero attached hydrogens (tertiary/aromatic N) is 1. The lowest BCUT2D eigenvalue weighted by Crippen LogP contribution is -2.18. The number of benzene rings is 2. The van der Waals surface area contributed by atoms with Crippen molar-refractivity contribution < 1.29 is 8.78 Å². The van der Waals surface area contributed by atoms with Crippen LogP contribution in [0.1, 0.15) is 11.1 Å². The van der Waals surface area contributed by atoms with Crippen LogP contribution in [-0.4, -0.2) is 7.05 Å². The maximum atomic E-state index is 13.2. The second kappa shape index (κ2) is 6.15. The molecule has 2 aromatic rings. The van der Waals surface area contributed by atoms with E-state index >= 15 is 0 Å². The van der Waals surface area contributed by atoms with Crippen molar-refractivity contribution in [2.24, 2.45) is 0 Å². The molecule has 0 heterocycles. The van der Waals surface area contributed by atoms with Gasteiger partial charge in [-0.15, -0.1) is 0 Å². The molecule has 0 bridgehead atoms. The first-order valence-electron chi connectivity index (χ1n) is 5.90. The molecule has 0 aliphatic heterocycles. The Kier molecular flexibility index (Phi) is 4.53. The lowest BCUT2D eigenvalue weighted by molar-refractivity contribution is 0.624. The van der Waals surface area contributed by atoms with Gasteiger partial charge in [0.2, 0.25) is 0 Å². The van der Waals surface area contributed by atoms with Crippen LogP contribution in [0, 0.1) is 11.6 Å². The SMILES string of the molecule is CN(Cc1cccc(F)c1)c1ccc(F)cc1CBr. The minimum atomic E-state index is -0.252. The van der Waals surface area contributed by atoms with E-state index in [9.17, 15) is 8.78 Å². The third-order valence-corrected chi connectivity index (χ3v) is 3.51. The van der Waals surface area contributed by atoms with Crippen LogP contribution < -0.4 is 4.90 Å². The van der Waals surface area contributed by atoms with Gasteiger partial charge in [0, 0.05) is 24.6 Å². The summed E-state index contributed by atoms with van der Waals surface area (Å²) in [5.74, 6) is -0.497. The third-order valence-electron chi connectivity index (χ3n) is 2.91. The number of hydrogen-bond acceptors (Lipinski definition) is 1. The van der Waals surface area contributed by atoms with Crippen molar-refractivity contribution in [2.45, 2.75) is 11.9 Å². The number of anilines is 1. The quantitative estimate of drug-likeness (QED) is 0.748. The molecule has 0 aliphatic rings. The molecule has 0 spiro atoms. The van der Waals surface area contributed by atoms with Gasteiger partial charge in [0.15, 0.2) is 0 Å². The molecule has 0 fully saturated rings. The Morgan fingerprint density at radius 3 is 2.47 bits per heavy atom. The monoisotopic (exact) mass is 325 g/mol. The van der Waals surface area contributed by atoms with Crippen molar-refractivity contribution in [3.8, 4) is 0 Å². The van der Waals surface area contributed by atoms with Gasteiger partial charge < -0.3 is 4.90 Å². The van der Waals surface area contributed by atoms with Gasteiger partial charge in [-0.3, -0.25) is 0 Å². The molecule has 0 amide bonds. The zero-order chi connectivity index (χ0) is 13.8. The van der Waals surface area contributed by atoms with Crippen LogP contribution in [0.15, 0.2) is 42.5 Å². The zero-order valence-corrected chi connectivity index (χ0v) is 12.1. The number of alkyl halides is 1. The van der Waals surface area contributed by atoms with Crippen molar-refractivity contribution >= 4 is 21.6 Å². The summed E-state index contributed by atoms with van der Waals surface area (Å²) >= 11 is 3.35. The van der Waals surface area contributed by atoms with E-state index in [2.05, 4.69) is 15.9 Å². The van der Waals surface area contributed by atoms with Gasteiger partial charge in [-0.1, -0.05) is 28.1 Å². The minimum Gasteiger partial charge on any atom is -0.370 e. The molecule has 0 aliphatic carbocycles. The van der Waals surface area contributed by atoms with E-state index in [0.717, 1.165) is 16.8 Å². The molecule has 4 heteroatoms. The minimum absolute atomic E-state index is 0.245. The maximum absolute atomic E-state index is 13.2. The molecule has 0 unspecified atom stereocenters. The van der Waals surface area contributed by atoms with Crippen molar-refractivity contribution in [3.63, 3.8) is 0 Å². The highest BCUT2D eigenvalue weighted by atomic mass is 79.9. The fourth-order valence-corrected chi connectivity index (χ4v) is 2.48. The Morgan fingerprint density at radius 1 is 1.05 bits per heavy atom. The van der Waals surface area contributed by atoms with E-state index in [-0.39, 0.29) is 11.6 Å². The van der Waals surface area contributed by atoms with Crippen LogP contribution in [0.3, 0.4) is 0 Å². The van der Waals surface area contributed by atoms with Gasteiger partial charge in [-0.2, -0.15) is 0 Å². The van der Waals surface area contributed by atoms with Gasteiger partial charge in [0.1, 0.15) is 11.6 Å². The van der Waals surface area contributed by atoms with Gasteiger partial charge in [-0.25, -0.2) is 8.78 Å². The average Bonchev–Trinajstić information content (AvgIpc) is 2.38. The lowest BCUT2D eigenvalue weighted by atomic mass is 10.1. The standard InChI is InChI=1S/C15H14BrF2N/c1-19(10-11-3-2-4-13(17)7-11)15-6-5-14(18)8-12(15)9-16/h2-8H,9-10H2,1H3. The first-order valence-corrected chi connectivity index (χ1v) is 7.02.